The Morgan fingerprint density at radius 2 is 2.06 bits per heavy atom. The van der Waals surface area contributed by atoms with Gasteiger partial charge in [0.1, 0.15) is 5.82 Å². The van der Waals surface area contributed by atoms with E-state index in [1.54, 1.807) is 0 Å². The molecule has 0 spiro atoms. The molecule has 5 heteroatoms. The zero-order valence-corrected chi connectivity index (χ0v) is 9.31. The van der Waals surface area contributed by atoms with E-state index in [0.717, 1.165) is 6.07 Å². The Labute approximate surface area is 93.4 Å². The number of nitro groups is 1. The Morgan fingerprint density at radius 1 is 1.44 bits per heavy atom. The van der Waals surface area contributed by atoms with Crippen LogP contribution in [0, 0.1) is 21.8 Å². The lowest BCUT2D eigenvalue weighted by Gasteiger charge is -2.15. The average molecular weight is 226 g/mol. The van der Waals surface area contributed by atoms with E-state index in [-0.39, 0.29) is 17.6 Å². The second-order valence-corrected chi connectivity index (χ2v) is 4.12. The second-order valence-electron chi connectivity index (χ2n) is 4.12. The molecular weight excluding hydrogens is 211 g/mol. The monoisotopic (exact) mass is 226 g/mol. The first-order valence-electron chi connectivity index (χ1n) is 5.09. The Bertz CT molecular complexity index is 394. The second kappa shape index (κ2) is 5.03. The average Bonchev–Trinajstić information content (AvgIpc) is 2.16. The summed E-state index contributed by atoms with van der Waals surface area (Å²) >= 11 is 0. The van der Waals surface area contributed by atoms with E-state index in [1.807, 2.05) is 13.8 Å². The largest absolute Gasteiger partial charge is 0.328 e. The van der Waals surface area contributed by atoms with Crippen molar-refractivity contribution in [3.63, 3.8) is 0 Å². The Balaban J connectivity index is 2.92. The maximum Gasteiger partial charge on any atom is 0.272 e. The number of nitrogens with two attached hydrogens (primary N) is 1. The molecule has 0 aromatic heterocycles. The molecule has 0 saturated heterocycles. The summed E-state index contributed by atoms with van der Waals surface area (Å²) in [5.74, 6) is -0.428. The van der Waals surface area contributed by atoms with Gasteiger partial charge in [-0.1, -0.05) is 6.92 Å². The SMILES string of the molecule is CC(N)C(C)Cc1cc(F)cc([N+](=O)[O-])c1. The molecule has 0 aliphatic carbocycles. The van der Waals surface area contributed by atoms with E-state index in [9.17, 15) is 14.5 Å². The van der Waals surface area contributed by atoms with Crippen molar-refractivity contribution in [3.05, 3.63) is 39.7 Å². The lowest BCUT2D eigenvalue weighted by Crippen LogP contribution is -2.25. The molecule has 0 heterocycles. The van der Waals surface area contributed by atoms with Crippen LogP contribution in [0.1, 0.15) is 19.4 Å². The number of rotatable bonds is 4. The van der Waals surface area contributed by atoms with Gasteiger partial charge in [0.25, 0.3) is 5.69 Å². The van der Waals surface area contributed by atoms with E-state index in [1.165, 1.54) is 12.1 Å². The Hall–Kier alpha value is -1.49. The minimum Gasteiger partial charge on any atom is -0.328 e. The molecule has 0 radical (unpaired) electrons. The fourth-order valence-corrected chi connectivity index (χ4v) is 1.41. The zero-order valence-electron chi connectivity index (χ0n) is 9.31. The Kier molecular flexibility index (Phi) is 3.95. The number of hydrogen-bond donors (Lipinski definition) is 1. The molecule has 2 N–H and O–H groups in total. The zero-order chi connectivity index (χ0) is 12.3. The minimum absolute atomic E-state index is 0.0256. The molecule has 0 bridgehead atoms. The first-order chi connectivity index (χ1) is 7.40. The van der Waals surface area contributed by atoms with Crippen LogP contribution >= 0.6 is 0 Å². The number of non-ortho nitro benzene ring substituents is 1. The topological polar surface area (TPSA) is 69.2 Å². The third-order valence-corrected chi connectivity index (χ3v) is 2.61. The van der Waals surface area contributed by atoms with E-state index >= 15 is 0 Å². The molecule has 2 atom stereocenters. The van der Waals surface area contributed by atoms with Gasteiger partial charge in [-0.3, -0.25) is 10.1 Å². The summed E-state index contributed by atoms with van der Waals surface area (Å²) in [5, 5.41) is 10.5. The highest BCUT2D eigenvalue weighted by Crippen LogP contribution is 2.19. The van der Waals surface area contributed by atoms with Gasteiger partial charge in [-0.15, -0.1) is 0 Å². The van der Waals surface area contributed by atoms with Crippen LogP contribution in [0.25, 0.3) is 0 Å². The van der Waals surface area contributed by atoms with Gasteiger partial charge in [0, 0.05) is 12.1 Å². The van der Waals surface area contributed by atoms with Crippen LogP contribution in [-0.4, -0.2) is 11.0 Å². The molecule has 16 heavy (non-hydrogen) atoms. The van der Waals surface area contributed by atoms with E-state index < -0.39 is 10.7 Å². The van der Waals surface area contributed by atoms with Crippen molar-refractivity contribution in [2.45, 2.75) is 26.3 Å². The minimum atomic E-state index is -0.594. The van der Waals surface area contributed by atoms with Crippen molar-refractivity contribution in [2.75, 3.05) is 0 Å². The highest BCUT2D eigenvalue weighted by atomic mass is 19.1. The summed E-state index contributed by atoms with van der Waals surface area (Å²) in [6, 6.07) is 3.59. The molecule has 0 amide bonds. The highest BCUT2D eigenvalue weighted by Gasteiger charge is 2.13. The quantitative estimate of drug-likeness (QED) is 0.632. The standard InChI is InChI=1S/C11H15FN2O2/c1-7(8(2)13)3-9-4-10(12)6-11(5-9)14(15)16/h4-8H,3,13H2,1-2H3. The third-order valence-electron chi connectivity index (χ3n) is 2.61. The van der Waals surface area contributed by atoms with Gasteiger partial charge in [0.15, 0.2) is 0 Å². The normalized spacial score (nSPS) is 14.5. The number of benzene rings is 1. The van der Waals surface area contributed by atoms with Crippen molar-refractivity contribution >= 4 is 5.69 Å². The molecule has 0 aliphatic heterocycles. The highest BCUT2D eigenvalue weighted by molar-refractivity contribution is 5.35. The molecule has 1 aromatic carbocycles. The van der Waals surface area contributed by atoms with Crippen LogP contribution in [0.2, 0.25) is 0 Å². The lowest BCUT2D eigenvalue weighted by molar-refractivity contribution is -0.385. The van der Waals surface area contributed by atoms with Crippen molar-refractivity contribution in [1.82, 2.24) is 0 Å². The molecule has 0 aliphatic rings. The number of halogens is 1. The first kappa shape index (κ1) is 12.6. The van der Waals surface area contributed by atoms with Crippen LogP contribution in [-0.2, 0) is 6.42 Å². The molecule has 0 fully saturated rings. The van der Waals surface area contributed by atoms with Crippen molar-refractivity contribution in [2.24, 2.45) is 11.7 Å². The third kappa shape index (κ3) is 3.27. The van der Waals surface area contributed by atoms with Gasteiger partial charge in [-0.2, -0.15) is 0 Å². The van der Waals surface area contributed by atoms with Crippen LogP contribution in [0.15, 0.2) is 18.2 Å². The van der Waals surface area contributed by atoms with Gasteiger partial charge in [-0.25, -0.2) is 4.39 Å². The molecule has 1 aromatic rings. The summed E-state index contributed by atoms with van der Waals surface area (Å²) < 4.78 is 13.1. The Morgan fingerprint density at radius 3 is 2.56 bits per heavy atom. The smallest absolute Gasteiger partial charge is 0.272 e. The number of hydrogen-bond acceptors (Lipinski definition) is 3. The summed E-state index contributed by atoms with van der Waals surface area (Å²) in [4.78, 5) is 9.95. The van der Waals surface area contributed by atoms with Crippen LogP contribution in [0.3, 0.4) is 0 Å². The molecule has 4 nitrogen and oxygen atoms in total. The lowest BCUT2D eigenvalue weighted by atomic mass is 9.95. The van der Waals surface area contributed by atoms with Gasteiger partial charge in [-0.05, 0) is 30.9 Å². The summed E-state index contributed by atoms with van der Waals surface area (Å²) in [6.45, 7) is 3.79. The van der Waals surface area contributed by atoms with Gasteiger partial charge in [0.05, 0.1) is 11.0 Å². The fourth-order valence-electron chi connectivity index (χ4n) is 1.41. The molecular formula is C11H15FN2O2. The fraction of sp³-hybridized carbons (Fsp3) is 0.455. The molecule has 0 saturated carbocycles. The maximum absolute atomic E-state index is 13.1. The van der Waals surface area contributed by atoms with Gasteiger partial charge in [0.2, 0.25) is 0 Å². The van der Waals surface area contributed by atoms with Gasteiger partial charge < -0.3 is 5.73 Å². The summed E-state index contributed by atoms with van der Waals surface area (Å²) in [7, 11) is 0. The summed E-state index contributed by atoms with van der Waals surface area (Å²) in [6.07, 6.45) is 0.538. The van der Waals surface area contributed by atoms with Crippen molar-refractivity contribution in [3.8, 4) is 0 Å². The maximum atomic E-state index is 13.1. The molecule has 1 rings (SSSR count). The van der Waals surface area contributed by atoms with Crippen LogP contribution < -0.4 is 5.73 Å². The van der Waals surface area contributed by atoms with Crippen LogP contribution in [0.4, 0.5) is 10.1 Å². The van der Waals surface area contributed by atoms with E-state index in [2.05, 4.69) is 0 Å². The van der Waals surface area contributed by atoms with Crippen molar-refractivity contribution < 1.29 is 9.31 Å². The molecule has 88 valence electrons. The van der Waals surface area contributed by atoms with E-state index in [0.29, 0.717) is 12.0 Å². The molecule has 2 unspecified atom stereocenters. The van der Waals surface area contributed by atoms with Crippen molar-refractivity contribution in [1.29, 1.82) is 0 Å². The van der Waals surface area contributed by atoms with Gasteiger partial charge >= 0.3 is 0 Å². The predicted octanol–water partition coefficient (Wildman–Crippen LogP) is 2.26. The predicted molar refractivity (Wildman–Crippen MR) is 59.6 cm³/mol. The summed E-state index contributed by atoms with van der Waals surface area (Å²) in [5.41, 5.74) is 6.08. The first-order valence-corrected chi connectivity index (χ1v) is 5.09. The number of nitrogens with zero attached hydrogens (tertiary/aromatic N) is 1. The number of nitro benzene ring substituents is 1. The van der Waals surface area contributed by atoms with E-state index in [4.69, 9.17) is 5.73 Å². The van der Waals surface area contributed by atoms with Crippen LogP contribution in [0.5, 0.6) is 0 Å².